The fourth-order valence-corrected chi connectivity index (χ4v) is 0.323. The van der Waals surface area contributed by atoms with E-state index in [1.54, 1.807) is 14.0 Å². The summed E-state index contributed by atoms with van der Waals surface area (Å²) in [5.74, 6) is 0. The predicted octanol–water partition coefficient (Wildman–Crippen LogP) is 1.39. The van der Waals surface area contributed by atoms with Crippen LogP contribution in [0.25, 0.3) is 0 Å². The van der Waals surface area contributed by atoms with Crippen molar-refractivity contribution < 1.29 is 0 Å². The third-order valence-electron chi connectivity index (χ3n) is 0.604. The molecule has 0 spiro atoms. The van der Waals surface area contributed by atoms with E-state index in [-0.39, 0.29) is 0 Å². The Hall–Kier alpha value is 0.0500. The fourth-order valence-electron chi connectivity index (χ4n) is 0.225. The van der Waals surface area contributed by atoms with Gasteiger partial charge < -0.3 is 5.43 Å². The van der Waals surface area contributed by atoms with Gasteiger partial charge in [0.15, 0.2) is 0 Å². The van der Waals surface area contributed by atoms with Crippen molar-refractivity contribution in [1.29, 1.82) is 0 Å². The van der Waals surface area contributed by atoms with Gasteiger partial charge in [-0.3, -0.25) is 0 Å². The minimum atomic E-state index is -0.498. The number of alkyl halides is 2. The summed E-state index contributed by atoms with van der Waals surface area (Å²) >= 11 is 10.8. The van der Waals surface area contributed by atoms with E-state index in [1.807, 2.05) is 0 Å². The number of halogens is 2. The molecule has 2 nitrogen and oxygen atoms in total. The molecule has 0 rings (SSSR count). The summed E-state index contributed by atoms with van der Waals surface area (Å²) in [6.07, 6.45) is 0. The number of hydrogen-bond donors (Lipinski definition) is 1. The van der Waals surface area contributed by atoms with Crippen LogP contribution < -0.4 is 5.43 Å². The zero-order valence-corrected chi connectivity index (χ0v) is 6.29. The predicted molar refractivity (Wildman–Crippen MR) is 37.7 cm³/mol. The van der Waals surface area contributed by atoms with E-state index in [0.29, 0.717) is 5.71 Å². The van der Waals surface area contributed by atoms with Crippen molar-refractivity contribution in [2.24, 2.45) is 5.10 Å². The van der Waals surface area contributed by atoms with Crippen molar-refractivity contribution in [2.45, 2.75) is 11.8 Å². The molecule has 8 heavy (non-hydrogen) atoms. The Bertz CT molecular complexity index is 90.0. The largest absolute Gasteiger partial charge is 0.313 e. The van der Waals surface area contributed by atoms with Gasteiger partial charge in [0, 0.05) is 7.05 Å². The molecule has 0 aliphatic heterocycles. The molecule has 0 unspecified atom stereocenters. The molecule has 0 aliphatic carbocycles. The third kappa shape index (κ3) is 3.10. The maximum atomic E-state index is 5.40. The van der Waals surface area contributed by atoms with E-state index < -0.39 is 4.84 Å². The lowest BCUT2D eigenvalue weighted by Gasteiger charge is -1.96. The SMILES string of the molecule is CN/N=C(\C)C(Cl)Cl. The summed E-state index contributed by atoms with van der Waals surface area (Å²) < 4.78 is 0. The summed E-state index contributed by atoms with van der Waals surface area (Å²) in [4.78, 5) is -0.498. The molecular weight excluding hydrogens is 147 g/mol. The smallest absolute Gasteiger partial charge is 0.147 e. The Labute approximate surface area is 58.9 Å². The summed E-state index contributed by atoms with van der Waals surface area (Å²) in [5, 5.41) is 3.73. The van der Waals surface area contributed by atoms with Gasteiger partial charge in [0.05, 0.1) is 5.71 Å². The highest BCUT2D eigenvalue weighted by atomic mass is 35.5. The Morgan fingerprint density at radius 1 is 1.62 bits per heavy atom. The fraction of sp³-hybridized carbons (Fsp3) is 0.750. The molecule has 0 aliphatic rings. The van der Waals surface area contributed by atoms with Gasteiger partial charge in [-0.1, -0.05) is 23.2 Å². The van der Waals surface area contributed by atoms with Crippen molar-refractivity contribution in [3.63, 3.8) is 0 Å². The standard InChI is InChI=1S/C4H8Cl2N2/c1-3(4(5)6)8-7-2/h4,7H,1-2H3/b8-3+. The number of hydrazone groups is 1. The highest BCUT2D eigenvalue weighted by molar-refractivity contribution is 6.54. The monoisotopic (exact) mass is 154 g/mol. The Kier molecular flexibility index (Phi) is 4.01. The van der Waals surface area contributed by atoms with E-state index in [2.05, 4.69) is 10.5 Å². The number of nitrogens with zero attached hydrogens (tertiary/aromatic N) is 1. The second kappa shape index (κ2) is 3.98. The summed E-state index contributed by atoms with van der Waals surface area (Å²) in [6, 6.07) is 0. The minimum Gasteiger partial charge on any atom is -0.313 e. The van der Waals surface area contributed by atoms with E-state index in [9.17, 15) is 0 Å². The molecule has 0 amide bonds. The summed E-state index contributed by atoms with van der Waals surface area (Å²) in [7, 11) is 1.69. The van der Waals surface area contributed by atoms with Gasteiger partial charge in [-0.25, -0.2) is 0 Å². The normalized spacial score (nSPS) is 12.4. The van der Waals surface area contributed by atoms with Crippen LogP contribution in [0.15, 0.2) is 5.10 Å². The lowest BCUT2D eigenvalue weighted by atomic mass is 10.5. The van der Waals surface area contributed by atoms with Crippen LogP contribution in [0, 0.1) is 0 Å². The molecular formula is C4H8Cl2N2. The first kappa shape index (κ1) is 8.05. The molecule has 0 saturated carbocycles. The first-order chi connectivity index (χ1) is 3.68. The number of rotatable bonds is 2. The van der Waals surface area contributed by atoms with Gasteiger partial charge >= 0.3 is 0 Å². The number of hydrogen-bond acceptors (Lipinski definition) is 2. The molecule has 0 heterocycles. The second-order valence-corrected chi connectivity index (χ2v) is 2.37. The van der Waals surface area contributed by atoms with Crippen molar-refractivity contribution in [1.82, 2.24) is 5.43 Å². The molecule has 0 atom stereocenters. The number of nitrogens with one attached hydrogen (secondary N) is 1. The molecule has 1 N–H and O–H groups in total. The first-order valence-corrected chi connectivity index (χ1v) is 3.05. The molecule has 0 aromatic rings. The van der Waals surface area contributed by atoms with Crippen LogP contribution in [0.1, 0.15) is 6.92 Å². The van der Waals surface area contributed by atoms with E-state index in [1.165, 1.54) is 0 Å². The van der Waals surface area contributed by atoms with Crippen molar-refractivity contribution in [3.05, 3.63) is 0 Å². The summed E-state index contributed by atoms with van der Waals surface area (Å²) in [6.45, 7) is 1.75. The maximum Gasteiger partial charge on any atom is 0.147 e. The van der Waals surface area contributed by atoms with E-state index >= 15 is 0 Å². The third-order valence-corrected chi connectivity index (χ3v) is 1.24. The van der Waals surface area contributed by atoms with Gasteiger partial charge in [0.1, 0.15) is 4.84 Å². The zero-order valence-electron chi connectivity index (χ0n) is 4.78. The molecule has 0 aromatic carbocycles. The van der Waals surface area contributed by atoms with Crippen LogP contribution >= 0.6 is 23.2 Å². The maximum absolute atomic E-state index is 5.40. The van der Waals surface area contributed by atoms with E-state index in [4.69, 9.17) is 23.2 Å². The minimum absolute atomic E-state index is 0.498. The van der Waals surface area contributed by atoms with Crippen LogP contribution in [0.2, 0.25) is 0 Å². The van der Waals surface area contributed by atoms with E-state index in [0.717, 1.165) is 0 Å². The molecule has 0 bridgehead atoms. The van der Waals surface area contributed by atoms with Gasteiger partial charge in [0.25, 0.3) is 0 Å². The van der Waals surface area contributed by atoms with Crippen LogP contribution in [-0.4, -0.2) is 17.6 Å². The Balaban J connectivity index is 3.61. The lowest BCUT2D eigenvalue weighted by molar-refractivity contribution is 0.896. The average molecular weight is 155 g/mol. The van der Waals surface area contributed by atoms with Gasteiger partial charge in [-0.15, -0.1) is 0 Å². The van der Waals surface area contributed by atoms with Crippen LogP contribution in [0.5, 0.6) is 0 Å². The van der Waals surface area contributed by atoms with Crippen LogP contribution in [0.4, 0.5) is 0 Å². The lowest BCUT2D eigenvalue weighted by Crippen LogP contribution is -2.07. The molecule has 0 fully saturated rings. The quantitative estimate of drug-likeness (QED) is 0.363. The molecule has 48 valence electrons. The molecule has 0 aromatic heterocycles. The van der Waals surface area contributed by atoms with Crippen molar-refractivity contribution in [3.8, 4) is 0 Å². The Morgan fingerprint density at radius 3 is 2.25 bits per heavy atom. The second-order valence-electron chi connectivity index (χ2n) is 1.28. The zero-order chi connectivity index (χ0) is 6.57. The van der Waals surface area contributed by atoms with Gasteiger partial charge in [-0.2, -0.15) is 5.10 Å². The first-order valence-electron chi connectivity index (χ1n) is 2.17. The highest BCUT2D eigenvalue weighted by Gasteiger charge is 2.00. The summed E-state index contributed by atoms with van der Waals surface area (Å²) in [5.41, 5.74) is 3.24. The van der Waals surface area contributed by atoms with Gasteiger partial charge in [0.2, 0.25) is 0 Å². The van der Waals surface area contributed by atoms with Crippen molar-refractivity contribution >= 4 is 28.9 Å². The molecule has 0 radical (unpaired) electrons. The van der Waals surface area contributed by atoms with Crippen LogP contribution in [0.3, 0.4) is 0 Å². The van der Waals surface area contributed by atoms with Crippen LogP contribution in [-0.2, 0) is 0 Å². The molecule has 0 saturated heterocycles. The highest BCUT2D eigenvalue weighted by Crippen LogP contribution is 2.02. The molecule has 4 heteroatoms. The topological polar surface area (TPSA) is 24.4 Å². The average Bonchev–Trinajstić information content (AvgIpc) is 1.67. The van der Waals surface area contributed by atoms with Gasteiger partial charge in [-0.05, 0) is 6.92 Å². The van der Waals surface area contributed by atoms with Crippen molar-refractivity contribution in [2.75, 3.05) is 7.05 Å². The Morgan fingerprint density at radius 2 is 2.12 bits per heavy atom.